The lowest BCUT2D eigenvalue weighted by molar-refractivity contribution is 0.302. The summed E-state index contributed by atoms with van der Waals surface area (Å²) in [6.45, 7) is 5.53. The Bertz CT molecular complexity index is 194. The number of thiocarbonyl (C=S) groups is 1. The highest BCUT2D eigenvalue weighted by atomic mass is 35.5. The third kappa shape index (κ3) is 2.79. The molecule has 0 aromatic rings. The van der Waals surface area contributed by atoms with Gasteiger partial charge < -0.3 is 10.2 Å². The summed E-state index contributed by atoms with van der Waals surface area (Å²) < 4.78 is 0. The summed E-state index contributed by atoms with van der Waals surface area (Å²) in [6.07, 6.45) is 2.66. The molecule has 1 saturated carbocycles. The minimum Gasteiger partial charge on any atom is -0.363 e. The molecule has 4 heteroatoms. The first-order chi connectivity index (χ1) is 5.77. The summed E-state index contributed by atoms with van der Waals surface area (Å²) in [5.74, 6) is 0.755. The molecule has 1 aliphatic heterocycles. The van der Waals surface area contributed by atoms with Gasteiger partial charge in [-0.2, -0.15) is 0 Å². The predicted octanol–water partition coefficient (Wildman–Crippen LogP) is 1.44. The zero-order valence-corrected chi connectivity index (χ0v) is 9.59. The van der Waals surface area contributed by atoms with Gasteiger partial charge in [0.1, 0.15) is 0 Å². The van der Waals surface area contributed by atoms with E-state index >= 15 is 0 Å². The molecule has 0 aromatic carbocycles. The van der Waals surface area contributed by atoms with Crippen LogP contribution in [0.15, 0.2) is 0 Å². The molecule has 1 N–H and O–H groups in total. The molecule has 2 rings (SSSR count). The molecule has 13 heavy (non-hydrogen) atoms. The van der Waals surface area contributed by atoms with Crippen LogP contribution in [-0.4, -0.2) is 35.6 Å². The van der Waals surface area contributed by atoms with Crippen molar-refractivity contribution in [3.63, 3.8) is 0 Å². The molecule has 2 nitrogen and oxygen atoms in total. The van der Waals surface area contributed by atoms with Crippen molar-refractivity contribution in [3.05, 3.63) is 0 Å². The van der Waals surface area contributed by atoms with Crippen molar-refractivity contribution in [1.82, 2.24) is 10.2 Å². The number of halogens is 1. The van der Waals surface area contributed by atoms with Gasteiger partial charge in [-0.05, 0) is 19.8 Å². The summed E-state index contributed by atoms with van der Waals surface area (Å²) in [4.78, 5) is 3.61. The van der Waals surface area contributed by atoms with Gasteiger partial charge in [0.15, 0.2) is 0 Å². The molecule has 76 valence electrons. The van der Waals surface area contributed by atoms with E-state index in [1.165, 1.54) is 17.8 Å². The fraction of sp³-hybridized carbons (Fsp3) is 0.889. The maximum Gasteiger partial charge on any atom is 0.0811 e. The van der Waals surface area contributed by atoms with Crippen LogP contribution in [0.4, 0.5) is 0 Å². The molecule has 2 fully saturated rings. The Morgan fingerprint density at radius 3 is 2.69 bits per heavy atom. The third-order valence-corrected chi connectivity index (χ3v) is 3.20. The molecule has 0 bridgehead atoms. The lowest BCUT2D eigenvalue weighted by Gasteiger charge is -2.33. The van der Waals surface area contributed by atoms with E-state index in [0.717, 1.165) is 25.6 Å². The van der Waals surface area contributed by atoms with Crippen LogP contribution in [-0.2, 0) is 0 Å². The lowest BCUT2D eigenvalue weighted by atomic mass is 10.2. The second-order valence-electron chi connectivity index (χ2n) is 3.91. The molecular formula is C9H17ClN2S. The second-order valence-corrected chi connectivity index (χ2v) is 4.33. The maximum absolute atomic E-state index is 5.41. The molecule has 1 saturated heterocycles. The van der Waals surface area contributed by atoms with E-state index in [1.807, 2.05) is 0 Å². The number of piperazine rings is 1. The molecule has 0 aromatic heterocycles. The zero-order valence-electron chi connectivity index (χ0n) is 7.95. The van der Waals surface area contributed by atoms with Gasteiger partial charge in [-0.1, -0.05) is 12.2 Å². The zero-order chi connectivity index (χ0) is 8.55. The van der Waals surface area contributed by atoms with Gasteiger partial charge in [-0.3, -0.25) is 0 Å². The number of nitrogens with zero attached hydrogens (tertiary/aromatic N) is 1. The second kappa shape index (κ2) is 4.58. The maximum atomic E-state index is 5.41. The van der Waals surface area contributed by atoms with Gasteiger partial charge in [0, 0.05) is 31.6 Å². The largest absolute Gasteiger partial charge is 0.363 e. The summed E-state index contributed by atoms with van der Waals surface area (Å²) in [5, 5.41) is 3.42. The standard InChI is InChI=1S/C9H16N2S.ClH/c1-7-6-11(5-4-10-7)9(12)8-2-3-8;/h7-8,10H,2-6H2,1H3;1H/t7-;/m0./s1. The monoisotopic (exact) mass is 220 g/mol. The number of hydrogen-bond donors (Lipinski definition) is 1. The van der Waals surface area contributed by atoms with E-state index in [2.05, 4.69) is 17.1 Å². The average Bonchev–Trinajstić information content (AvgIpc) is 2.85. The van der Waals surface area contributed by atoms with E-state index in [4.69, 9.17) is 12.2 Å². The molecule has 0 radical (unpaired) electrons. The molecular weight excluding hydrogens is 204 g/mol. The van der Waals surface area contributed by atoms with Crippen molar-refractivity contribution in [3.8, 4) is 0 Å². The van der Waals surface area contributed by atoms with Crippen LogP contribution in [0, 0.1) is 5.92 Å². The fourth-order valence-corrected chi connectivity index (χ4v) is 2.12. The normalized spacial score (nSPS) is 28.1. The average molecular weight is 221 g/mol. The van der Waals surface area contributed by atoms with E-state index in [1.54, 1.807) is 0 Å². The third-order valence-electron chi connectivity index (χ3n) is 2.61. The minimum atomic E-state index is 0. The Hall–Kier alpha value is 0.140. The molecule has 1 heterocycles. The number of nitrogens with one attached hydrogen (secondary N) is 1. The van der Waals surface area contributed by atoms with Crippen LogP contribution in [0.1, 0.15) is 19.8 Å². The van der Waals surface area contributed by atoms with Crippen molar-refractivity contribution >= 4 is 29.6 Å². The topological polar surface area (TPSA) is 15.3 Å². The van der Waals surface area contributed by atoms with Crippen LogP contribution in [0.2, 0.25) is 0 Å². The predicted molar refractivity (Wildman–Crippen MR) is 61.6 cm³/mol. The van der Waals surface area contributed by atoms with Gasteiger partial charge in [0.2, 0.25) is 0 Å². The van der Waals surface area contributed by atoms with Crippen LogP contribution >= 0.6 is 24.6 Å². The smallest absolute Gasteiger partial charge is 0.0811 e. The molecule has 0 unspecified atom stereocenters. The van der Waals surface area contributed by atoms with Gasteiger partial charge in [0.05, 0.1) is 4.99 Å². The first kappa shape index (κ1) is 11.2. The first-order valence-corrected chi connectivity index (χ1v) is 5.20. The summed E-state index contributed by atoms with van der Waals surface area (Å²) in [5.41, 5.74) is 0. The summed E-state index contributed by atoms with van der Waals surface area (Å²) in [6, 6.07) is 0.607. The fourth-order valence-electron chi connectivity index (χ4n) is 1.72. The van der Waals surface area contributed by atoms with Crippen molar-refractivity contribution in [1.29, 1.82) is 0 Å². The van der Waals surface area contributed by atoms with E-state index in [-0.39, 0.29) is 12.4 Å². The Balaban J connectivity index is 0.000000845. The van der Waals surface area contributed by atoms with Crippen LogP contribution in [0.3, 0.4) is 0 Å². The van der Waals surface area contributed by atoms with Crippen LogP contribution < -0.4 is 5.32 Å². The highest BCUT2D eigenvalue weighted by Gasteiger charge is 2.31. The SMILES string of the molecule is C[C@H]1CN(C(=S)C2CC2)CCN1.Cl. The molecule has 0 spiro atoms. The van der Waals surface area contributed by atoms with Crippen LogP contribution in [0.25, 0.3) is 0 Å². The van der Waals surface area contributed by atoms with E-state index in [0.29, 0.717) is 6.04 Å². The highest BCUT2D eigenvalue weighted by molar-refractivity contribution is 7.80. The van der Waals surface area contributed by atoms with E-state index in [9.17, 15) is 0 Å². The van der Waals surface area contributed by atoms with E-state index < -0.39 is 0 Å². The minimum absolute atomic E-state index is 0. The summed E-state index contributed by atoms with van der Waals surface area (Å²) in [7, 11) is 0. The Morgan fingerprint density at radius 1 is 1.46 bits per heavy atom. The van der Waals surface area contributed by atoms with Gasteiger partial charge in [-0.15, -0.1) is 12.4 Å². The molecule has 1 atom stereocenters. The lowest BCUT2D eigenvalue weighted by Crippen LogP contribution is -2.51. The van der Waals surface area contributed by atoms with Gasteiger partial charge in [0.25, 0.3) is 0 Å². The van der Waals surface area contributed by atoms with Crippen molar-refractivity contribution in [2.75, 3.05) is 19.6 Å². The van der Waals surface area contributed by atoms with Gasteiger partial charge >= 0.3 is 0 Å². The van der Waals surface area contributed by atoms with Crippen LogP contribution in [0.5, 0.6) is 0 Å². The Kier molecular flexibility index (Phi) is 3.95. The Morgan fingerprint density at radius 2 is 2.15 bits per heavy atom. The molecule has 2 aliphatic rings. The number of hydrogen-bond acceptors (Lipinski definition) is 2. The quantitative estimate of drug-likeness (QED) is 0.674. The summed E-state index contributed by atoms with van der Waals surface area (Å²) >= 11 is 5.41. The first-order valence-electron chi connectivity index (χ1n) is 4.79. The molecule has 0 amide bonds. The van der Waals surface area contributed by atoms with Crippen molar-refractivity contribution < 1.29 is 0 Å². The number of rotatable bonds is 1. The highest BCUT2D eigenvalue weighted by Crippen LogP contribution is 2.32. The molecule has 1 aliphatic carbocycles. The van der Waals surface area contributed by atoms with Crippen molar-refractivity contribution in [2.45, 2.75) is 25.8 Å². The van der Waals surface area contributed by atoms with Crippen molar-refractivity contribution in [2.24, 2.45) is 5.92 Å². The van der Waals surface area contributed by atoms with Gasteiger partial charge in [-0.25, -0.2) is 0 Å². The Labute approximate surface area is 91.5 Å².